The minimum absolute atomic E-state index is 0.106. The molecular formula is C21H20N2O2S. The van der Waals surface area contributed by atoms with E-state index in [1.807, 2.05) is 60.0 Å². The summed E-state index contributed by atoms with van der Waals surface area (Å²) in [6.45, 7) is 1.13. The molecule has 5 heteroatoms. The number of hydrogen-bond donors (Lipinski definition) is 1. The lowest BCUT2D eigenvalue weighted by Crippen LogP contribution is -2.23. The van der Waals surface area contributed by atoms with E-state index in [1.165, 1.54) is 0 Å². The van der Waals surface area contributed by atoms with Crippen molar-refractivity contribution in [2.45, 2.75) is 13.0 Å². The van der Waals surface area contributed by atoms with Gasteiger partial charge in [0, 0.05) is 30.6 Å². The molecule has 0 aliphatic heterocycles. The summed E-state index contributed by atoms with van der Waals surface area (Å²) < 4.78 is 5.75. The monoisotopic (exact) mass is 364 g/mol. The highest BCUT2D eigenvalue weighted by atomic mass is 32.1. The molecule has 26 heavy (non-hydrogen) atoms. The van der Waals surface area contributed by atoms with E-state index >= 15 is 0 Å². The Morgan fingerprint density at radius 1 is 1.12 bits per heavy atom. The molecular weight excluding hydrogens is 344 g/mol. The van der Waals surface area contributed by atoms with Crippen LogP contribution >= 0.6 is 11.3 Å². The minimum Gasteiger partial charge on any atom is -0.489 e. The van der Waals surface area contributed by atoms with Crippen molar-refractivity contribution in [3.63, 3.8) is 0 Å². The molecule has 1 heterocycles. The molecule has 0 saturated heterocycles. The normalized spacial score (nSPS) is 10.8. The van der Waals surface area contributed by atoms with Gasteiger partial charge in [0.05, 0.1) is 5.01 Å². The Hall–Kier alpha value is -2.92. The van der Waals surface area contributed by atoms with Crippen LogP contribution in [0.25, 0.3) is 6.08 Å². The average molecular weight is 364 g/mol. The molecule has 0 fully saturated rings. The van der Waals surface area contributed by atoms with Crippen LogP contribution in [0.5, 0.6) is 5.75 Å². The van der Waals surface area contributed by atoms with Gasteiger partial charge < -0.3 is 10.1 Å². The van der Waals surface area contributed by atoms with Crippen LogP contribution in [-0.2, 0) is 17.8 Å². The van der Waals surface area contributed by atoms with Gasteiger partial charge in [0.1, 0.15) is 12.4 Å². The highest BCUT2D eigenvalue weighted by Gasteiger charge is 1.99. The number of aromatic nitrogens is 1. The van der Waals surface area contributed by atoms with E-state index < -0.39 is 0 Å². The molecule has 0 bridgehead atoms. The maximum absolute atomic E-state index is 11.8. The number of benzene rings is 2. The van der Waals surface area contributed by atoms with Gasteiger partial charge in [0.2, 0.25) is 5.91 Å². The van der Waals surface area contributed by atoms with Gasteiger partial charge in [-0.1, -0.05) is 42.5 Å². The van der Waals surface area contributed by atoms with E-state index in [1.54, 1.807) is 29.7 Å². The second-order valence-electron chi connectivity index (χ2n) is 5.64. The number of carbonyl (C=O) groups excluding carboxylic acids is 1. The largest absolute Gasteiger partial charge is 0.489 e. The van der Waals surface area contributed by atoms with Crippen molar-refractivity contribution in [2.75, 3.05) is 6.54 Å². The Bertz CT molecular complexity index is 828. The standard InChI is InChI=1S/C21H20N2O2S/c24-20(22-13-12-21-23-14-15-26-21)11-8-17-6-9-19(10-7-17)25-16-18-4-2-1-3-5-18/h1-11,14-15H,12-13,16H2,(H,22,24)/b11-8+. The van der Waals surface area contributed by atoms with E-state index in [0.29, 0.717) is 13.2 Å². The Morgan fingerprint density at radius 3 is 2.65 bits per heavy atom. The summed E-state index contributed by atoms with van der Waals surface area (Å²) >= 11 is 1.60. The Labute approximate surface area is 157 Å². The van der Waals surface area contributed by atoms with Gasteiger partial charge in [-0.15, -0.1) is 11.3 Å². The molecule has 2 aromatic carbocycles. The first kappa shape index (κ1) is 17.9. The van der Waals surface area contributed by atoms with Crippen molar-refractivity contribution < 1.29 is 9.53 Å². The van der Waals surface area contributed by atoms with Crippen molar-refractivity contribution in [1.29, 1.82) is 0 Å². The molecule has 3 aromatic rings. The SMILES string of the molecule is O=C(/C=C/c1ccc(OCc2ccccc2)cc1)NCCc1nccs1. The molecule has 1 amide bonds. The average Bonchev–Trinajstić information content (AvgIpc) is 3.20. The maximum atomic E-state index is 11.8. The van der Waals surface area contributed by atoms with Crippen LogP contribution in [0.4, 0.5) is 0 Å². The number of nitrogens with one attached hydrogen (secondary N) is 1. The highest BCUT2D eigenvalue weighted by Crippen LogP contribution is 2.15. The molecule has 0 radical (unpaired) electrons. The number of hydrogen-bond acceptors (Lipinski definition) is 4. The molecule has 0 saturated carbocycles. The van der Waals surface area contributed by atoms with Gasteiger partial charge in [0.15, 0.2) is 0 Å². The summed E-state index contributed by atoms with van der Waals surface area (Å²) in [6, 6.07) is 17.7. The van der Waals surface area contributed by atoms with Crippen LogP contribution in [0, 0.1) is 0 Å². The quantitative estimate of drug-likeness (QED) is 0.613. The van der Waals surface area contributed by atoms with E-state index in [4.69, 9.17) is 4.74 Å². The third kappa shape index (κ3) is 5.86. The van der Waals surface area contributed by atoms with Crippen LogP contribution in [0.15, 0.2) is 72.3 Å². The predicted molar refractivity (Wildman–Crippen MR) is 105 cm³/mol. The summed E-state index contributed by atoms with van der Waals surface area (Å²) in [5, 5.41) is 5.82. The number of thiazole rings is 1. The van der Waals surface area contributed by atoms with Crippen LogP contribution < -0.4 is 10.1 Å². The van der Waals surface area contributed by atoms with E-state index in [9.17, 15) is 4.79 Å². The molecule has 1 N–H and O–H groups in total. The zero-order chi connectivity index (χ0) is 18.0. The molecule has 0 aliphatic carbocycles. The fraction of sp³-hybridized carbons (Fsp3) is 0.143. The number of rotatable bonds is 8. The first-order chi connectivity index (χ1) is 12.8. The molecule has 0 unspecified atom stereocenters. The van der Waals surface area contributed by atoms with Gasteiger partial charge in [-0.05, 0) is 29.3 Å². The van der Waals surface area contributed by atoms with Crippen molar-refractivity contribution in [2.24, 2.45) is 0 Å². The first-order valence-electron chi connectivity index (χ1n) is 8.41. The Kier molecular flexibility index (Phi) is 6.56. The number of carbonyl (C=O) groups is 1. The van der Waals surface area contributed by atoms with Gasteiger partial charge in [-0.25, -0.2) is 4.98 Å². The summed E-state index contributed by atoms with van der Waals surface area (Å²) in [5.41, 5.74) is 2.08. The number of nitrogens with zero attached hydrogens (tertiary/aromatic N) is 1. The van der Waals surface area contributed by atoms with E-state index in [-0.39, 0.29) is 5.91 Å². The second kappa shape index (κ2) is 9.53. The summed E-state index contributed by atoms with van der Waals surface area (Å²) in [4.78, 5) is 16.0. The van der Waals surface area contributed by atoms with Crippen molar-refractivity contribution in [3.8, 4) is 5.75 Å². The molecule has 0 spiro atoms. The van der Waals surface area contributed by atoms with Crippen molar-refractivity contribution >= 4 is 23.3 Å². The van der Waals surface area contributed by atoms with Gasteiger partial charge in [-0.2, -0.15) is 0 Å². The van der Waals surface area contributed by atoms with Crippen molar-refractivity contribution in [1.82, 2.24) is 10.3 Å². The van der Waals surface area contributed by atoms with E-state index in [2.05, 4.69) is 10.3 Å². The Morgan fingerprint density at radius 2 is 1.92 bits per heavy atom. The lowest BCUT2D eigenvalue weighted by Gasteiger charge is -2.06. The molecule has 1 aromatic heterocycles. The third-order valence-electron chi connectivity index (χ3n) is 3.68. The van der Waals surface area contributed by atoms with Gasteiger partial charge >= 0.3 is 0 Å². The lowest BCUT2D eigenvalue weighted by molar-refractivity contribution is -0.116. The molecule has 4 nitrogen and oxygen atoms in total. The molecule has 3 rings (SSSR count). The zero-order valence-corrected chi connectivity index (χ0v) is 15.1. The lowest BCUT2D eigenvalue weighted by atomic mass is 10.2. The summed E-state index contributed by atoms with van der Waals surface area (Å²) in [6.07, 6.45) is 5.86. The number of amides is 1. The second-order valence-corrected chi connectivity index (χ2v) is 6.62. The van der Waals surface area contributed by atoms with E-state index in [0.717, 1.165) is 28.3 Å². The third-order valence-corrected chi connectivity index (χ3v) is 4.52. The van der Waals surface area contributed by atoms with Crippen LogP contribution in [0.3, 0.4) is 0 Å². The highest BCUT2D eigenvalue weighted by molar-refractivity contribution is 7.09. The molecule has 0 atom stereocenters. The predicted octanol–water partition coefficient (Wildman–Crippen LogP) is 4.09. The van der Waals surface area contributed by atoms with Crippen molar-refractivity contribution in [3.05, 3.63) is 88.4 Å². The number of ether oxygens (including phenoxy) is 1. The summed E-state index contributed by atoms with van der Waals surface area (Å²) in [5.74, 6) is 0.699. The minimum atomic E-state index is -0.106. The van der Waals surface area contributed by atoms with Crippen LogP contribution in [0.1, 0.15) is 16.1 Å². The summed E-state index contributed by atoms with van der Waals surface area (Å²) in [7, 11) is 0. The smallest absolute Gasteiger partial charge is 0.244 e. The maximum Gasteiger partial charge on any atom is 0.244 e. The van der Waals surface area contributed by atoms with Crippen LogP contribution in [-0.4, -0.2) is 17.4 Å². The topological polar surface area (TPSA) is 51.2 Å². The van der Waals surface area contributed by atoms with Gasteiger partial charge in [-0.3, -0.25) is 4.79 Å². The fourth-order valence-corrected chi connectivity index (χ4v) is 2.94. The molecule has 132 valence electrons. The Balaban J connectivity index is 1.42. The van der Waals surface area contributed by atoms with Gasteiger partial charge in [0.25, 0.3) is 0 Å². The van der Waals surface area contributed by atoms with Crippen LogP contribution in [0.2, 0.25) is 0 Å². The first-order valence-corrected chi connectivity index (χ1v) is 9.28. The zero-order valence-electron chi connectivity index (χ0n) is 14.3. The molecule has 0 aliphatic rings. The fourth-order valence-electron chi connectivity index (χ4n) is 2.32.